The molecule has 0 amide bonds. The fourth-order valence-electron chi connectivity index (χ4n) is 1.15. The Morgan fingerprint density at radius 1 is 1.80 bits per heavy atom. The summed E-state index contributed by atoms with van der Waals surface area (Å²) >= 11 is 0. The maximum Gasteiger partial charge on any atom is 0.332 e. The molecular weight excluding hydrogens is 132 g/mol. The summed E-state index contributed by atoms with van der Waals surface area (Å²) < 4.78 is 5.02. The van der Waals surface area contributed by atoms with Crippen molar-refractivity contribution in [3.63, 3.8) is 0 Å². The maximum atomic E-state index is 10.3. The fraction of sp³-hybridized carbons (Fsp3) is 0.857. The summed E-state index contributed by atoms with van der Waals surface area (Å²) in [6, 6.07) is 0. The molecule has 58 valence electrons. The molecule has 3 heteroatoms. The number of carbonyl (C=O) groups is 1. The van der Waals surface area contributed by atoms with E-state index >= 15 is 0 Å². The van der Waals surface area contributed by atoms with Crippen molar-refractivity contribution in [2.75, 3.05) is 6.61 Å². The van der Waals surface area contributed by atoms with Gasteiger partial charge in [0.25, 0.3) is 0 Å². The normalized spacial score (nSPS) is 32.5. The number of hydrogen-bond acceptors (Lipinski definition) is 2. The number of hydrogen-bond donors (Lipinski definition) is 1. The van der Waals surface area contributed by atoms with E-state index in [0.717, 1.165) is 6.42 Å². The smallest absolute Gasteiger partial charge is 0.332 e. The van der Waals surface area contributed by atoms with Crippen molar-refractivity contribution in [2.45, 2.75) is 25.9 Å². The van der Waals surface area contributed by atoms with Crippen LogP contribution in [0.4, 0.5) is 0 Å². The zero-order valence-electron chi connectivity index (χ0n) is 6.04. The van der Waals surface area contributed by atoms with Gasteiger partial charge in [0.1, 0.15) is 0 Å². The van der Waals surface area contributed by atoms with E-state index in [0.29, 0.717) is 18.9 Å². The van der Waals surface area contributed by atoms with Crippen LogP contribution in [0.2, 0.25) is 0 Å². The molecule has 1 aliphatic rings. The first-order chi connectivity index (χ1) is 4.74. The van der Waals surface area contributed by atoms with Gasteiger partial charge in [-0.1, -0.05) is 13.3 Å². The Morgan fingerprint density at radius 2 is 2.50 bits per heavy atom. The third-order valence-electron chi connectivity index (χ3n) is 1.93. The van der Waals surface area contributed by atoms with E-state index in [2.05, 4.69) is 6.92 Å². The second-order valence-corrected chi connectivity index (χ2v) is 2.67. The molecule has 0 spiro atoms. The molecule has 0 radical (unpaired) electrons. The molecule has 3 nitrogen and oxygen atoms in total. The summed E-state index contributed by atoms with van der Waals surface area (Å²) in [5.74, 6) is -0.364. The van der Waals surface area contributed by atoms with Crippen LogP contribution in [0.3, 0.4) is 0 Å². The zero-order chi connectivity index (χ0) is 7.56. The van der Waals surface area contributed by atoms with Crippen LogP contribution in [0, 0.1) is 5.92 Å². The summed E-state index contributed by atoms with van der Waals surface area (Å²) in [6.45, 7) is 2.67. The van der Waals surface area contributed by atoms with Gasteiger partial charge in [0.15, 0.2) is 6.10 Å². The lowest BCUT2D eigenvalue weighted by Crippen LogP contribution is -2.18. The molecule has 10 heavy (non-hydrogen) atoms. The number of rotatable bonds is 2. The largest absolute Gasteiger partial charge is 0.479 e. The average Bonchev–Trinajstić information content (AvgIpc) is 2.34. The summed E-state index contributed by atoms with van der Waals surface area (Å²) in [5, 5.41) is 8.50. The van der Waals surface area contributed by atoms with E-state index in [1.54, 1.807) is 0 Å². The Labute approximate surface area is 60.0 Å². The van der Waals surface area contributed by atoms with Crippen LogP contribution in [0.15, 0.2) is 0 Å². The SMILES string of the molecule is CCC1COC(C(=O)O)C1. The molecule has 1 saturated heterocycles. The highest BCUT2D eigenvalue weighted by Crippen LogP contribution is 2.21. The molecule has 1 N–H and O–H groups in total. The molecule has 0 aliphatic carbocycles. The molecule has 2 unspecified atom stereocenters. The minimum Gasteiger partial charge on any atom is -0.479 e. The van der Waals surface area contributed by atoms with Crippen LogP contribution >= 0.6 is 0 Å². The van der Waals surface area contributed by atoms with Gasteiger partial charge in [-0.3, -0.25) is 0 Å². The Hall–Kier alpha value is -0.570. The number of ether oxygens (including phenoxy) is 1. The second kappa shape index (κ2) is 3.01. The van der Waals surface area contributed by atoms with Gasteiger partial charge < -0.3 is 9.84 Å². The van der Waals surface area contributed by atoms with Crippen LogP contribution in [-0.2, 0) is 9.53 Å². The van der Waals surface area contributed by atoms with E-state index < -0.39 is 12.1 Å². The van der Waals surface area contributed by atoms with Gasteiger partial charge in [-0.05, 0) is 12.3 Å². The highest BCUT2D eigenvalue weighted by molar-refractivity contribution is 5.72. The number of carboxylic acids is 1. The van der Waals surface area contributed by atoms with E-state index in [4.69, 9.17) is 9.84 Å². The average molecular weight is 144 g/mol. The van der Waals surface area contributed by atoms with Gasteiger partial charge in [0.05, 0.1) is 6.61 Å². The fourth-order valence-corrected chi connectivity index (χ4v) is 1.15. The molecule has 0 aromatic heterocycles. The van der Waals surface area contributed by atoms with Crippen molar-refractivity contribution < 1.29 is 14.6 Å². The molecule has 0 aromatic rings. The quantitative estimate of drug-likeness (QED) is 0.626. The van der Waals surface area contributed by atoms with E-state index in [1.165, 1.54) is 0 Å². The maximum absolute atomic E-state index is 10.3. The monoisotopic (exact) mass is 144 g/mol. The highest BCUT2D eigenvalue weighted by Gasteiger charge is 2.29. The van der Waals surface area contributed by atoms with Gasteiger partial charge in [0, 0.05) is 0 Å². The van der Waals surface area contributed by atoms with Crippen LogP contribution in [0.5, 0.6) is 0 Å². The van der Waals surface area contributed by atoms with Crippen LogP contribution in [0.1, 0.15) is 19.8 Å². The summed E-state index contributed by atoms with van der Waals surface area (Å²) in [4.78, 5) is 10.3. The predicted molar refractivity (Wildman–Crippen MR) is 35.8 cm³/mol. The third kappa shape index (κ3) is 1.48. The van der Waals surface area contributed by atoms with Crippen molar-refractivity contribution in [3.8, 4) is 0 Å². The van der Waals surface area contributed by atoms with Crippen molar-refractivity contribution >= 4 is 5.97 Å². The minimum atomic E-state index is -0.823. The Morgan fingerprint density at radius 3 is 2.80 bits per heavy atom. The van der Waals surface area contributed by atoms with Gasteiger partial charge in [-0.25, -0.2) is 4.79 Å². The van der Waals surface area contributed by atoms with E-state index in [1.807, 2.05) is 0 Å². The van der Waals surface area contributed by atoms with Crippen molar-refractivity contribution in [1.82, 2.24) is 0 Å². The number of carboxylic acid groups (broad SMARTS) is 1. The summed E-state index contributed by atoms with van der Waals surface area (Å²) in [5.41, 5.74) is 0. The topological polar surface area (TPSA) is 46.5 Å². The van der Waals surface area contributed by atoms with E-state index in [-0.39, 0.29) is 0 Å². The standard InChI is InChI=1S/C7H12O3/c1-2-5-3-6(7(8)9)10-4-5/h5-6H,2-4H2,1H3,(H,8,9). The first kappa shape index (κ1) is 7.54. The molecule has 0 bridgehead atoms. The molecule has 1 fully saturated rings. The minimum absolute atomic E-state index is 0.459. The lowest BCUT2D eigenvalue weighted by molar-refractivity contribution is -0.147. The predicted octanol–water partition coefficient (Wildman–Crippen LogP) is 0.886. The van der Waals surface area contributed by atoms with Crippen molar-refractivity contribution in [3.05, 3.63) is 0 Å². The molecule has 0 saturated carbocycles. The van der Waals surface area contributed by atoms with Crippen molar-refractivity contribution in [2.24, 2.45) is 5.92 Å². The second-order valence-electron chi connectivity index (χ2n) is 2.67. The van der Waals surface area contributed by atoms with Crippen LogP contribution in [0.25, 0.3) is 0 Å². The zero-order valence-corrected chi connectivity index (χ0v) is 6.04. The van der Waals surface area contributed by atoms with Gasteiger partial charge >= 0.3 is 5.97 Å². The third-order valence-corrected chi connectivity index (χ3v) is 1.93. The molecule has 2 atom stereocenters. The molecular formula is C7H12O3. The summed E-state index contributed by atoms with van der Waals surface area (Å²) in [6.07, 6.45) is 1.17. The molecule has 1 rings (SSSR count). The molecule has 1 aliphatic heterocycles. The van der Waals surface area contributed by atoms with Crippen LogP contribution in [-0.4, -0.2) is 23.8 Å². The van der Waals surface area contributed by atoms with Gasteiger partial charge in [-0.15, -0.1) is 0 Å². The Bertz CT molecular complexity index is 133. The Balaban J connectivity index is 2.35. The van der Waals surface area contributed by atoms with Crippen LogP contribution < -0.4 is 0 Å². The highest BCUT2D eigenvalue weighted by atomic mass is 16.5. The Kier molecular flexibility index (Phi) is 2.27. The molecule has 0 aromatic carbocycles. The number of aliphatic carboxylic acids is 1. The first-order valence-corrected chi connectivity index (χ1v) is 3.58. The van der Waals surface area contributed by atoms with E-state index in [9.17, 15) is 4.79 Å². The summed E-state index contributed by atoms with van der Waals surface area (Å²) in [7, 11) is 0. The van der Waals surface area contributed by atoms with Gasteiger partial charge in [0.2, 0.25) is 0 Å². The molecule has 1 heterocycles. The lowest BCUT2D eigenvalue weighted by atomic mass is 10.0. The van der Waals surface area contributed by atoms with Gasteiger partial charge in [-0.2, -0.15) is 0 Å². The first-order valence-electron chi connectivity index (χ1n) is 3.58. The lowest BCUT2D eigenvalue weighted by Gasteiger charge is -2.00. The van der Waals surface area contributed by atoms with Crippen molar-refractivity contribution in [1.29, 1.82) is 0 Å².